The number of aromatic nitrogens is 1. The number of ether oxygens (including phenoxy) is 1. The second kappa shape index (κ2) is 10.7. The van der Waals surface area contributed by atoms with Gasteiger partial charge in [-0.3, -0.25) is 14.9 Å². The van der Waals surface area contributed by atoms with Gasteiger partial charge in [0.15, 0.2) is 11.7 Å². The van der Waals surface area contributed by atoms with E-state index in [1.165, 1.54) is 71.6 Å². The van der Waals surface area contributed by atoms with Crippen LogP contribution in [-0.4, -0.2) is 29.2 Å². The number of amides is 2. The molecule has 30 heavy (non-hydrogen) atoms. The molecule has 0 spiro atoms. The van der Waals surface area contributed by atoms with E-state index in [-0.39, 0.29) is 35.8 Å². The average Bonchev–Trinajstić information content (AvgIpc) is 3.16. The highest BCUT2D eigenvalue weighted by Crippen LogP contribution is 2.20. The van der Waals surface area contributed by atoms with Gasteiger partial charge in [-0.25, -0.2) is 13.8 Å². The summed E-state index contributed by atoms with van der Waals surface area (Å²) in [5.74, 6) is -0.234. The fourth-order valence-corrected chi connectivity index (χ4v) is 3.79. The molecule has 0 fully saturated rings. The molecule has 3 rings (SSSR count). The summed E-state index contributed by atoms with van der Waals surface area (Å²) in [5.41, 5.74) is 1.26. The number of benzene rings is 2. The Bertz CT molecular complexity index is 995. The van der Waals surface area contributed by atoms with Crippen molar-refractivity contribution in [3.05, 3.63) is 71.2 Å². The molecular formula is C20H17F2N3O3S2. The van der Waals surface area contributed by atoms with E-state index >= 15 is 0 Å². The van der Waals surface area contributed by atoms with Crippen LogP contribution in [0.1, 0.15) is 5.69 Å². The Hall–Kier alpha value is -2.98. The Morgan fingerprint density at radius 2 is 1.63 bits per heavy atom. The van der Waals surface area contributed by atoms with Crippen LogP contribution in [0.25, 0.3) is 0 Å². The van der Waals surface area contributed by atoms with E-state index in [1.54, 1.807) is 5.38 Å². The molecule has 3 aromatic rings. The van der Waals surface area contributed by atoms with Crippen LogP contribution >= 0.6 is 23.1 Å². The summed E-state index contributed by atoms with van der Waals surface area (Å²) in [6, 6.07) is 10.9. The maximum absolute atomic E-state index is 12.9. The topological polar surface area (TPSA) is 80.3 Å². The maximum atomic E-state index is 12.9. The third kappa shape index (κ3) is 7.12. The van der Waals surface area contributed by atoms with Crippen molar-refractivity contribution < 1.29 is 23.1 Å². The molecule has 0 bridgehead atoms. The first-order valence-corrected chi connectivity index (χ1v) is 10.8. The number of hydrogen-bond donors (Lipinski definition) is 2. The predicted molar refractivity (Wildman–Crippen MR) is 114 cm³/mol. The van der Waals surface area contributed by atoms with Gasteiger partial charge in [-0.05, 0) is 48.5 Å². The highest BCUT2D eigenvalue weighted by atomic mass is 32.2. The van der Waals surface area contributed by atoms with Crippen molar-refractivity contribution >= 4 is 45.7 Å². The van der Waals surface area contributed by atoms with Gasteiger partial charge in [-0.1, -0.05) is 0 Å². The van der Waals surface area contributed by atoms with Crippen molar-refractivity contribution in [2.75, 3.05) is 23.0 Å². The molecule has 1 heterocycles. The molecular weight excluding hydrogens is 432 g/mol. The van der Waals surface area contributed by atoms with Crippen molar-refractivity contribution in [1.82, 2.24) is 4.98 Å². The van der Waals surface area contributed by atoms with Gasteiger partial charge < -0.3 is 10.1 Å². The van der Waals surface area contributed by atoms with Gasteiger partial charge in [0, 0.05) is 16.8 Å². The first-order valence-electron chi connectivity index (χ1n) is 8.74. The van der Waals surface area contributed by atoms with Gasteiger partial charge in [-0.2, -0.15) is 0 Å². The van der Waals surface area contributed by atoms with E-state index < -0.39 is 0 Å². The van der Waals surface area contributed by atoms with Crippen LogP contribution in [0.5, 0.6) is 5.75 Å². The second-order valence-electron chi connectivity index (χ2n) is 5.98. The summed E-state index contributed by atoms with van der Waals surface area (Å²) < 4.78 is 31.0. The van der Waals surface area contributed by atoms with Crippen LogP contribution in [0.4, 0.5) is 19.6 Å². The zero-order valence-electron chi connectivity index (χ0n) is 15.6. The van der Waals surface area contributed by atoms with Crippen LogP contribution in [0, 0.1) is 11.6 Å². The van der Waals surface area contributed by atoms with Crippen LogP contribution in [0.2, 0.25) is 0 Å². The van der Waals surface area contributed by atoms with Gasteiger partial charge in [0.1, 0.15) is 17.4 Å². The van der Waals surface area contributed by atoms with E-state index in [0.717, 1.165) is 5.69 Å². The number of hydrogen-bond acceptors (Lipinski definition) is 6. The molecule has 0 aliphatic heterocycles. The molecule has 0 saturated heterocycles. The minimum absolute atomic E-state index is 0.201. The molecule has 2 aromatic carbocycles. The third-order valence-electron chi connectivity index (χ3n) is 3.59. The molecule has 10 heteroatoms. The van der Waals surface area contributed by atoms with Crippen LogP contribution in [-0.2, 0) is 15.3 Å². The fourth-order valence-electron chi connectivity index (χ4n) is 2.24. The smallest absolute Gasteiger partial charge is 0.264 e. The van der Waals surface area contributed by atoms with E-state index in [0.29, 0.717) is 22.3 Å². The molecule has 6 nitrogen and oxygen atoms in total. The van der Waals surface area contributed by atoms with Gasteiger partial charge in [-0.15, -0.1) is 23.1 Å². The van der Waals surface area contributed by atoms with E-state index in [4.69, 9.17) is 4.74 Å². The standard InChI is InChI=1S/C20H17F2N3O3S2/c21-13-1-5-15(6-2-13)23-19(27)12-29-10-16-11-30-20(24-16)25-18(26)9-28-17-7-3-14(22)4-8-17/h1-8,11H,9-10,12H2,(H,23,27)(H,24,25,26). The number of nitrogens with one attached hydrogen (secondary N) is 2. The molecule has 1 aromatic heterocycles. The molecule has 0 aliphatic carbocycles. The van der Waals surface area contributed by atoms with Crippen LogP contribution < -0.4 is 15.4 Å². The van der Waals surface area contributed by atoms with Crippen molar-refractivity contribution in [3.63, 3.8) is 0 Å². The predicted octanol–water partition coefficient (Wildman–Crippen LogP) is 4.31. The largest absolute Gasteiger partial charge is 0.484 e. The molecule has 2 amide bonds. The Labute approximate surface area is 179 Å². The first-order chi connectivity index (χ1) is 14.5. The van der Waals surface area contributed by atoms with Crippen molar-refractivity contribution in [2.24, 2.45) is 0 Å². The number of halogens is 2. The summed E-state index contributed by atoms with van der Waals surface area (Å²) in [4.78, 5) is 28.1. The van der Waals surface area contributed by atoms with Gasteiger partial charge in [0.2, 0.25) is 5.91 Å². The Morgan fingerprint density at radius 3 is 2.33 bits per heavy atom. The van der Waals surface area contributed by atoms with Crippen molar-refractivity contribution in [3.8, 4) is 5.75 Å². The summed E-state index contributed by atoms with van der Waals surface area (Å²) in [6.07, 6.45) is 0. The minimum Gasteiger partial charge on any atom is -0.484 e. The van der Waals surface area contributed by atoms with E-state index in [9.17, 15) is 18.4 Å². The lowest BCUT2D eigenvalue weighted by atomic mass is 10.3. The van der Waals surface area contributed by atoms with Crippen molar-refractivity contribution in [1.29, 1.82) is 0 Å². The number of thiazole rings is 1. The molecule has 0 aliphatic rings. The number of carbonyl (C=O) groups is 2. The summed E-state index contributed by atoms with van der Waals surface area (Å²) in [7, 11) is 0. The first kappa shape index (κ1) is 21.7. The molecule has 0 unspecified atom stereocenters. The highest BCUT2D eigenvalue weighted by molar-refractivity contribution is 7.99. The number of anilines is 2. The number of rotatable bonds is 9. The third-order valence-corrected chi connectivity index (χ3v) is 5.37. The molecule has 2 N–H and O–H groups in total. The van der Waals surface area contributed by atoms with E-state index in [1.807, 2.05) is 0 Å². The lowest BCUT2D eigenvalue weighted by Gasteiger charge is -2.05. The number of carbonyl (C=O) groups excluding carboxylic acids is 2. The molecule has 0 atom stereocenters. The molecule has 0 saturated carbocycles. The average molecular weight is 450 g/mol. The lowest BCUT2D eigenvalue weighted by Crippen LogP contribution is -2.20. The van der Waals surface area contributed by atoms with Gasteiger partial charge >= 0.3 is 0 Å². The zero-order valence-corrected chi connectivity index (χ0v) is 17.2. The Morgan fingerprint density at radius 1 is 0.967 bits per heavy atom. The summed E-state index contributed by atoms with van der Waals surface area (Å²) in [5, 5.41) is 7.53. The number of nitrogens with zero attached hydrogens (tertiary/aromatic N) is 1. The Kier molecular flexibility index (Phi) is 7.75. The lowest BCUT2D eigenvalue weighted by molar-refractivity contribution is -0.118. The second-order valence-corrected chi connectivity index (χ2v) is 7.83. The quantitative estimate of drug-likeness (QED) is 0.509. The summed E-state index contributed by atoms with van der Waals surface area (Å²) >= 11 is 2.63. The fraction of sp³-hybridized carbons (Fsp3) is 0.150. The zero-order chi connectivity index (χ0) is 21.3. The van der Waals surface area contributed by atoms with Crippen LogP contribution in [0.15, 0.2) is 53.9 Å². The Balaban J connectivity index is 1.37. The van der Waals surface area contributed by atoms with Gasteiger partial charge in [0.05, 0.1) is 11.4 Å². The molecule has 0 radical (unpaired) electrons. The van der Waals surface area contributed by atoms with E-state index in [2.05, 4.69) is 15.6 Å². The minimum atomic E-state index is -0.383. The van der Waals surface area contributed by atoms with Gasteiger partial charge in [0.25, 0.3) is 5.91 Å². The SMILES string of the molecule is O=C(CSCc1csc(NC(=O)COc2ccc(F)cc2)n1)Nc1ccc(F)cc1. The maximum Gasteiger partial charge on any atom is 0.264 e. The monoisotopic (exact) mass is 449 g/mol. The summed E-state index contributed by atoms with van der Waals surface area (Å²) in [6.45, 7) is -0.223. The highest BCUT2D eigenvalue weighted by Gasteiger charge is 2.09. The number of thioether (sulfide) groups is 1. The van der Waals surface area contributed by atoms with Crippen molar-refractivity contribution in [2.45, 2.75) is 5.75 Å². The normalized spacial score (nSPS) is 10.5. The molecule has 156 valence electrons. The van der Waals surface area contributed by atoms with Crippen LogP contribution in [0.3, 0.4) is 0 Å².